The molecule has 3 unspecified atom stereocenters. The standard InChI is InChI=1S/C16H27N3O/c1-11(2)17-10-15-18-19-16(20-15)14-8-7-12-5-3-4-6-13(12)9-14/h11-14,17H,3-10H2,1-2H3. The van der Waals surface area contributed by atoms with Crippen LogP contribution >= 0.6 is 0 Å². The Labute approximate surface area is 121 Å². The van der Waals surface area contributed by atoms with E-state index in [4.69, 9.17) is 4.42 Å². The van der Waals surface area contributed by atoms with E-state index in [-0.39, 0.29) is 0 Å². The van der Waals surface area contributed by atoms with E-state index >= 15 is 0 Å². The molecule has 1 heterocycles. The maximum Gasteiger partial charge on any atom is 0.230 e. The summed E-state index contributed by atoms with van der Waals surface area (Å²) >= 11 is 0. The van der Waals surface area contributed by atoms with Gasteiger partial charge in [0.25, 0.3) is 0 Å². The van der Waals surface area contributed by atoms with E-state index in [0.717, 1.165) is 23.6 Å². The van der Waals surface area contributed by atoms with Gasteiger partial charge in [-0.1, -0.05) is 39.5 Å². The minimum atomic E-state index is 0.447. The Morgan fingerprint density at radius 3 is 2.70 bits per heavy atom. The number of aromatic nitrogens is 2. The van der Waals surface area contributed by atoms with Crippen molar-refractivity contribution in [3.05, 3.63) is 11.8 Å². The zero-order chi connectivity index (χ0) is 13.9. The number of hydrogen-bond acceptors (Lipinski definition) is 4. The van der Waals surface area contributed by atoms with Gasteiger partial charge in [0.05, 0.1) is 6.54 Å². The molecule has 0 amide bonds. The molecule has 0 bridgehead atoms. The average Bonchev–Trinajstić information content (AvgIpc) is 2.93. The second-order valence-electron chi connectivity index (χ2n) is 6.88. The summed E-state index contributed by atoms with van der Waals surface area (Å²) in [5.41, 5.74) is 0. The molecule has 2 saturated carbocycles. The van der Waals surface area contributed by atoms with Crippen LogP contribution in [0.3, 0.4) is 0 Å². The lowest BCUT2D eigenvalue weighted by Crippen LogP contribution is -2.27. The predicted octanol–water partition coefficient (Wildman–Crippen LogP) is 3.64. The molecule has 1 aromatic rings. The lowest BCUT2D eigenvalue weighted by atomic mass is 9.67. The molecule has 2 fully saturated rings. The third-order valence-corrected chi connectivity index (χ3v) is 5.03. The Hall–Kier alpha value is -0.900. The van der Waals surface area contributed by atoms with Crippen molar-refractivity contribution in [3.8, 4) is 0 Å². The normalized spacial score (nSPS) is 30.4. The number of fused-ring (bicyclic) bond motifs is 1. The summed E-state index contributed by atoms with van der Waals surface area (Å²) in [5.74, 6) is 4.01. The molecule has 0 aliphatic heterocycles. The quantitative estimate of drug-likeness (QED) is 0.913. The Bertz CT molecular complexity index is 429. The van der Waals surface area contributed by atoms with Crippen LogP contribution < -0.4 is 5.32 Å². The molecule has 2 aliphatic rings. The van der Waals surface area contributed by atoms with E-state index in [1.807, 2.05) is 0 Å². The van der Waals surface area contributed by atoms with Crippen molar-refractivity contribution in [3.63, 3.8) is 0 Å². The number of nitrogens with one attached hydrogen (secondary N) is 1. The van der Waals surface area contributed by atoms with Gasteiger partial charge in [0.2, 0.25) is 11.8 Å². The van der Waals surface area contributed by atoms with Gasteiger partial charge in [-0.15, -0.1) is 10.2 Å². The second-order valence-corrected chi connectivity index (χ2v) is 6.88. The number of nitrogens with zero attached hydrogens (tertiary/aromatic N) is 2. The summed E-state index contributed by atoms with van der Waals surface area (Å²) in [4.78, 5) is 0. The first-order valence-corrected chi connectivity index (χ1v) is 8.28. The van der Waals surface area contributed by atoms with Gasteiger partial charge in [-0.05, 0) is 31.1 Å². The first-order chi connectivity index (χ1) is 9.72. The molecule has 0 saturated heterocycles. The van der Waals surface area contributed by atoms with Crippen LogP contribution in [0.1, 0.15) is 76.5 Å². The first kappa shape index (κ1) is 14.1. The molecule has 20 heavy (non-hydrogen) atoms. The fourth-order valence-electron chi connectivity index (χ4n) is 3.89. The molecular formula is C16H27N3O. The van der Waals surface area contributed by atoms with E-state index in [9.17, 15) is 0 Å². The van der Waals surface area contributed by atoms with Gasteiger partial charge >= 0.3 is 0 Å². The largest absolute Gasteiger partial charge is 0.424 e. The van der Waals surface area contributed by atoms with Gasteiger partial charge in [0.1, 0.15) is 0 Å². The molecular weight excluding hydrogens is 250 g/mol. The summed E-state index contributed by atoms with van der Waals surface area (Å²) < 4.78 is 5.87. The van der Waals surface area contributed by atoms with Crippen LogP contribution in [-0.2, 0) is 6.54 Å². The van der Waals surface area contributed by atoms with Gasteiger partial charge in [0, 0.05) is 12.0 Å². The minimum absolute atomic E-state index is 0.447. The van der Waals surface area contributed by atoms with Crippen molar-refractivity contribution in [1.82, 2.24) is 15.5 Å². The number of hydrogen-bond donors (Lipinski definition) is 1. The van der Waals surface area contributed by atoms with Crippen LogP contribution in [0.15, 0.2) is 4.42 Å². The third-order valence-electron chi connectivity index (χ3n) is 5.03. The van der Waals surface area contributed by atoms with Crippen molar-refractivity contribution in [1.29, 1.82) is 0 Å². The van der Waals surface area contributed by atoms with Gasteiger partial charge < -0.3 is 9.73 Å². The van der Waals surface area contributed by atoms with Crippen molar-refractivity contribution in [2.24, 2.45) is 11.8 Å². The van der Waals surface area contributed by atoms with E-state index in [2.05, 4.69) is 29.4 Å². The monoisotopic (exact) mass is 277 g/mol. The van der Waals surface area contributed by atoms with Gasteiger partial charge in [-0.2, -0.15) is 0 Å². The molecule has 4 heteroatoms. The Morgan fingerprint density at radius 1 is 1.10 bits per heavy atom. The van der Waals surface area contributed by atoms with Crippen molar-refractivity contribution < 1.29 is 4.42 Å². The molecule has 0 radical (unpaired) electrons. The maximum absolute atomic E-state index is 5.87. The lowest BCUT2D eigenvalue weighted by Gasteiger charge is -2.38. The first-order valence-electron chi connectivity index (χ1n) is 8.28. The summed E-state index contributed by atoms with van der Waals surface area (Å²) in [6.07, 6.45) is 9.59. The molecule has 112 valence electrons. The molecule has 4 nitrogen and oxygen atoms in total. The summed E-state index contributed by atoms with van der Waals surface area (Å²) in [6.45, 7) is 4.94. The highest BCUT2D eigenvalue weighted by atomic mass is 16.4. The van der Waals surface area contributed by atoms with Crippen LogP contribution in [-0.4, -0.2) is 16.2 Å². The van der Waals surface area contributed by atoms with E-state index in [1.54, 1.807) is 0 Å². The predicted molar refractivity (Wildman–Crippen MR) is 78.3 cm³/mol. The molecule has 1 aromatic heterocycles. The van der Waals surface area contributed by atoms with Crippen LogP contribution in [0.5, 0.6) is 0 Å². The van der Waals surface area contributed by atoms with Crippen molar-refractivity contribution >= 4 is 0 Å². The summed E-state index contributed by atoms with van der Waals surface area (Å²) in [7, 11) is 0. The minimum Gasteiger partial charge on any atom is -0.424 e. The average molecular weight is 277 g/mol. The maximum atomic E-state index is 5.87. The lowest BCUT2D eigenvalue weighted by molar-refractivity contribution is 0.145. The van der Waals surface area contributed by atoms with Gasteiger partial charge in [-0.3, -0.25) is 0 Å². The summed E-state index contributed by atoms with van der Waals surface area (Å²) in [5, 5.41) is 11.8. The molecule has 3 rings (SSSR count). The van der Waals surface area contributed by atoms with E-state index in [1.165, 1.54) is 44.9 Å². The zero-order valence-electron chi connectivity index (χ0n) is 12.8. The SMILES string of the molecule is CC(C)NCc1nnc(C2CCC3CCCCC3C2)o1. The van der Waals surface area contributed by atoms with E-state index < -0.39 is 0 Å². The van der Waals surface area contributed by atoms with Crippen LogP contribution in [0.25, 0.3) is 0 Å². The molecule has 1 N–H and O–H groups in total. The van der Waals surface area contributed by atoms with Crippen LogP contribution in [0.4, 0.5) is 0 Å². The third kappa shape index (κ3) is 3.22. The Balaban J connectivity index is 1.59. The fourth-order valence-corrected chi connectivity index (χ4v) is 3.89. The van der Waals surface area contributed by atoms with Crippen molar-refractivity contribution in [2.45, 2.75) is 77.3 Å². The van der Waals surface area contributed by atoms with Gasteiger partial charge in [-0.25, -0.2) is 0 Å². The number of rotatable bonds is 4. The van der Waals surface area contributed by atoms with Crippen LogP contribution in [0, 0.1) is 11.8 Å². The smallest absolute Gasteiger partial charge is 0.230 e. The highest BCUT2D eigenvalue weighted by molar-refractivity contribution is 4.97. The Kier molecular flexibility index (Phi) is 4.39. The Morgan fingerprint density at radius 2 is 1.90 bits per heavy atom. The van der Waals surface area contributed by atoms with Crippen LogP contribution in [0.2, 0.25) is 0 Å². The molecule has 2 aliphatic carbocycles. The van der Waals surface area contributed by atoms with Crippen molar-refractivity contribution in [2.75, 3.05) is 0 Å². The summed E-state index contributed by atoms with van der Waals surface area (Å²) in [6, 6.07) is 0.447. The van der Waals surface area contributed by atoms with E-state index in [0.29, 0.717) is 18.5 Å². The van der Waals surface area contributed by atoms with Gasteiger partial charge in [0.15, 0.2) is 0 Å². The zero-order valence-corrected chi connectivity index (χ0v) is 12.8. The highest BCUT2D eigenvalue weighted by Crippen LogP contribution is 2.45. The highest BCUT2D eigenvalue weighted by Gasteiger charge is 2.34. The fraction of sp³-hybridized carbons (Fsp3) is 0.875. The molecule has 0 spiro atoms. The topological polar surface area (TPSA) is 51.0 Å². The second kappa shape index (κ2) is 6.25. The molecule has 3 atom stereocenters. The molecule has 0 aromatic carbocycles.